The van der Waals surface area contributed by atoms with Gasteiger partial charge in [0.2, 0.25) is 0 Å². The maximum Gasteiger partial charge on any atom is 0.405 e. The first-order chi connectivity index (χ1) is 5.60. The molecule has 1 amide bonds. The molecule has 12 heavy (non-hydrogen) atoms. The standard InChI is InChI=1S/C7H11Cl2NO2/c1-2-6(12-7(10)11)3-5(9)4-8/h3,6H,2,4H2,1H3,(H2,10,11)/b5-3-/t6-/m1/s1. The number of nitrogens with two attached hydrogens (primary N) is 1. The molecule has 70 valence electrons. The van der Waals surface area contributed by atoms with Crippen molar-refractivity contribution in [3.63, 3.8) is 0 Å². The summed E-state index contributed by atoms with van der Waals surface area (Å²) in [7, 11) is 0. The normalized spacial score (nSPS) is 14.1. The van der Waals surface area contributed by atoms with E-state index in [9.17, 15) is 4.79 Å². The third-order valence-corrected chi connectivity index (χ3v) is 1.85. The Balaban J connectivity index is 4.07. The van der Waals surface area contributed by atoms with Gasteiger partial charge in [-0.1, -0.05) is 18.5 Å². The van der Waals surface area contributed by atoms with Crippen molar-refractivity contribution in [3.8, 4) is 0 Å². The van der Waals surface area contributed by atoms with Gasteiger partial charge in [-0.15, -0.1) is 11.6 Å². The van der Waals surface area contributed by atoms with Crippen molar-refractivity contribution in [1.82, 2.24) is 0 Å². The molecule has 0 aromatic carbocycles. The smallest absolute Gasteiger partial charge is 0.405 e. The fraction of sp³-hybridized carbons (Fsp3) is 0.571. The molecule has 0 aliphatic carbocycles. The summed E-state index contributed by atoms with van der Waals surface area (Å²) < 4.78 is 4.69. The average Bonchev–Trinajstić information content (AvgIpc) is 2.02. The highest BCUT2D eigenvalue weighted by atomic mass is 35.5. The van der Waals surface area contributed by atoms with Gasteiger partial charge in [-0.3, -0.25) is 0 Å². The number of alkyl halides is 1. The van der Waals surface area contributed by atoms with Crippen molar-refractivity contribution in [1.29, 1.82) is 0 Å². The van der Waals surface area contributed by atoms with E-state index in [1.54, 1.807) is 6.08 Å². The van der Waals surface area contributed by atoms with Crippen LogP contribution in [0.1, 0.15) is 13.3 Å². The lowest BCUT2D eigenvalue weighted by atomic mass is 10.2. The minimum Gasteiger partial charge on any atom is -0.442 e. The van der Waals surface area contributed by atoms with Gasteiger partial charge in [0.25, 0.3) is 0 Å². The molecule has 5 heteroatoms. The van der Waals surface area contributed by atoms with Crippen LogP contribution in [-0.2, 0) is 4.74 Å². The molecule has 0 radical (unpaired) electrons. The van der Waals surface area contributed by atoms with E-state index in [0.29, 0.717) is 11.5 Å². The molecule has 0 aliphatic heterocycles. The van der Waals surface area contributed by atoms with Gasteiger partial charge in [0.05, 0.1) is 5.88 Å². The minimum atomic E-state index is -0.808. The lowest BCUT2D eigenvalue weighted by Gasteiger charge is -2.09. The lowest BCUT2D eigenvalue weighted by Crippen LogP contribution is -2.20. The summed E-state index contributed by atoms with van der Waals surface area (Å²) in [6, 6.07) is 0. The molecule has 3 nitrogen and oxygen atoms in total. The van der Waals surface area contributed by atoms with Crippen LogP contribution in [0.5, 0.6) is 0 Å². The second kappa shape index (κ2) is 6.14. The number of hydrogen-bond acceptors (Lipinski definition) is 2. The predicted octanol–water partition coefficient (Wildman–Crippen LogP) is 2.22. The van der Waals surface area contributed by atoms with Crippen LogP contribution in [0, 0.1) is 0 Å². The van der Waals surface area contributed by atoms with E-state index >= 15 is 0 Å². The summed E-state index contributed by atoms with van der Waals surface area (Å²) in [5.74, 6) is 0.209. The van der Waals surface area contributed by atoms with Crippen LogP contribution in [0.3, 0.4) is 0 Å². The zero-order chi connectivity index (χ0) is 9.56. The van der Waals surface area contributed by atoms with Gasteiger partial charge in [0.15, 0.2) is 0 Å². The fourth-order valence-electron chi connectivity index (χ4n) is 0.631. The zero-order valence-corrected chi connectivity index (χ0v) is 8.23. The van der Waals surface area contributed by atoms with Gasteiger partial charge in [-0.2, -0.15) is 0 Å². The Morgan fingerprint density at radius 3 is 2.67 bits per heavy atom. The van der Waals surface area contributed by atoms with Crippen LogP contribution in [0.4, 0.5) is 4.79 Å². The van der Waals surface area contributed by atoms with E-state index in [2.05, 4.69) is 0 Å². The maximum atomic E-state index is 10.3. The highest BCUT2D eigenvalue weighted by molar-refractivity contribution is 6.35. The third kappa shape index (κ3) is 5.27. The first-order valence-electron chi connectivity index (χ1n) is 3.48. The van der Waals surface area contributed by atoms with E-state index in [0.717, 1.165) is 0 Å². The number of allylic oxidation sites excluding steroid dienone is 1. The molecule has 0 aliphatic rings. The Morgan fingerprint density at radius 1 is 1.75 bits per heavy atom. The summed E-state index contributed by atoms with van der Waals surface area (Å²) >= 11 is 11.0. The van der Waals surface area contributed by atoms with E-state index in [1.807, 2.05) is 6.92 Å². The van der Waals surface area contributed by atoms with Gasteiger partial charge in [-0.05, 0) is 12.5 Å². The number of primary amides is 1. The number of rotatable bonds is 4. The van der Waals surface area contributed by atoms with Gasteiger partial charge < -0.3 is 10.5 Å². The Kier molecular flexibility index (Phi) is 5.93. The molecule has 0 fully saturated rings. The van der Waals surface area contributed by atoms with Crippen LogP contribution in [0.2, 0.25) is 0 Å². The van der Waals surface area contributed by atoms with Gasteiger partial charge >= 0.3 is 6.09 Å². The second-order valence-electron chi connectivity index (χ2n) is 2.13. The van der Waals surface area contributed by atoms with Crippen LogP contribution in [-0.4, -0.2) is 18.1 Å². The number of ether oxygens (including phenoxy) is 1. The van der Waals surface area contributed by atoms with Crippen molar-refractivity contribution in [2.45, 2.75) is 19.4 Å². The summed E-state index contributed by atoms with van der Waals surface area (Å²) in [4.78, 5) is 10.3. The second-order valence-corrected chi connectivity index (χ2v) is 2.88. The van der Waals surface area contributed by atoms with Crippen LogP contribution >= 0.6 is 23.2 Å². The summed E-state index contributed by atoms with van der Waals surface area (Å²) in [5, 5.41) is 0.449. The monoisotopic (exact) mass is 211 g/mol. The van der Waals surface area contributed by atoms with Gasteiger partial charge in [0.1, 0.15) is 6.10 Å². The topological polar surface area (TPSA) is 52.3 Å². The van der Waals surface area contributed by atoms with Gasteiger partial charge in [-0.25, -0.2) is 4.79 Å². The number of halogens is 2. The lowest BCUT2D eigenvalue weighted by molar-refractivity contribution is 0.127. The van der Waals surface area contributed by atoms with Crippen molar-refractivity contribution in [2.24, 2.45) is 5.73 Å². The molecule has 0 heterocycles. The van der Waals surface area contributed by atoms with E-state index in [-0.39, 0.29) is 12.0 Å². The number of amides is 1. The molecule has 0 saturated heterocycles. The van der Waals surface area contributed by atoms with Crippen molar-refractivity contribution in [2.75, 3.05) is 5.88 Å². The third-order valence-electron chi connectivity index (χ3n) is 1.16. The molecule has 0 bridgehead atoms. The number of carbonyl (C=O) groups is 1. The van der Waals surface area contributed by atoms with Crippen LogP contribution in [0.25, 0.3) is 0 Å². The summed E-state index contributed by atoms with van der Waals surface area (Å²) in [6.45, 7) is 1.85. The summed E-state index contributed by atoms with van der Waals surface area (Å²) in [6.07, 6.45) is 1.00. The first-order valence-corrected chi connectivity index (χ1v) is 4.39. The Bertz CT molecular complexity index is 182. The Labute approximate surface area is 81.5 Å². The molecule has 1 atom stereocenters. The van der Waals surface area contributed by atoms with Crippen molar-refractivity contribution in [3.05, 3.63) is 11.1 Å². The molecule has 0 aromatic heterocycles. The minimum absolute atomic E-state index is 0.209. The maximum absolute atomic E-state index is 10.3. The summed E-state index contributed by atoms with van der Waals surface area (Å²) in [5.41, 5.74) is 4.82. The van der Waals surface area contributed by atoms with E-state index < -0.39 is 6.09 Å². The molecule has 0 rings (SSSR count). The molecule has 0 aromatic rings. The predicted molar refractivity (Wildman–Crippen MR) is 49.4 cm³/mol. The highest BCUT2D eigenvalue weighted by Gasteiger charge is 2.06. The van der Waals surface area contributed by atoms with Crippen LogP contribution in [0.15, 0.2) is 11.1 Å². The molecule has 2 N–H and O–H groups in total. The number of hydrogen-bond donors (Lipinski definition) is 1. The average molecular weight is 212 g/mol. The largest absolute Gasteiger partial charge is 0.442 e. The van der Waals surface area contributed by atoms with Crippen molar-refractivity contribution < 1.29 is 9.53 Å². The zero-order valence-electron chi connectivity index (χ0n) is 6.72. The Hall–Kier alpha value is -0.410. The molecule has 0 unspecified atom stereocenters. The molecular weight excluding hydrogens is 201 g/mol. The van der Waals surface area contributed by atoms with Crippen LogP contribution < -0.4 is 5.73 Å². The Morgan fingerprint density at radius 2 is 2.33 bits per heavy atom. The molecule has 0 spiro atoms. The quantitative estimate of drug-likeness (QED) is 0.726. The SMILES string of the molecule is CC[C@H](/C=C(\Cl)CCl)OC(N)=O. The number of carbonyl (C=O) groups excluding carboxylic acids is 1. The van der Waals surface area contributed by atoms with E-state index in [4.69, 9.17) is 33.7 Å². The van der Waals surface area contributed by atoms with Crippen molar-refractivity contribution >= 4 is 29.3 Å². The fourth-order valence-corrected chi connectivity index (χ4v) is 0.860. The highest BCUT2D eigenvalue weighted by Crippen LogP contribution is 2.09. The molecular formula is C7H11Cl2NO2. The first kappa shape index (κ1) is 11.6. The van der Waals surface area contributed by atoms with Gasteiger partial charge in [0, 0.05) is 5.03 Å². The molecule has 0 saturated carbocycles. The van der Waals surface area contributed by atoms with E-state index in [1.165, 1.54) is 0 Å².